The summed E-state index contributed by atoms with van der Waals surface area (Å²) in [6.07, 6.45) is 1.78. The van der Waals surface area contributed by atoms with Crippen LogP contribution in [0.1, 0.15) is 37.0 Å². The first-order valence-electron chi connectivity index (χ1n) is 5.73. The summed E-state index contributed by atoms with van der Waals surface area (Å²) < 4.78 is 5.22. The Kier molecular flexibility index (Phi) is 3.86. The molecule has 0 saturated carbocycles. The molecular weight excluding hydrogens is 236 g/mol. The monoisotopic (exact) mass is 252 g/mol. The molecule has 92 valence electrons. The summed E-state index contributed by atoms with van der Waals surface area (Å²) in [5.74, 6) is 1.56. The zero-order chi connectivity index (χ0) is 12.3. The van der Waals surface area contributed by atoms with Gasteiger partial charge in [-0.2, -0.15) is 4.98 Å². The molecule has 0 bridgehead atoms. The van der Waals surface area contributed by atoms with Gasteiger partial charge in [0.1, 0.15) is 5.69 Å². The summed E-state index contributed by atoms with van der Waals surface area (Å²) in [5, 5.41) is 6.91. The third-order valence-electron chi connectivity index (χ3n) is 2.62. The Morgan fingerprint density at radius 3 is 3.00 bits per heavy atom. The van der Waals surface area contributed by atoms with E-state index in [9.17, 15) is 0 Å². The third-order valence-corrected chi connectivity index (χ3v) is 3.53. The number of rotatable bonds is 5. The maximum absolute atomic E-state index is 5.49. The number of thiazole rings is 1. The van der Waals surface area contributed by atoms with Crippen molar-refractivity contribution in [3.63, 3.8) is 0 Å². The Balaban J connectivity index is 2.18. The van der Waals surface area contributed by atoms with E-state index in [4.69, 9.17) is 10.3 Å². The Morgan fingerprint density at radius 1 is 1.47 bits per heavy atom. The van der Waals surface area contributed by atoms with Crippen molar-refractivity contribution in [2.24, 2.45) is 5.73 Å². The van der Waals surface area contributed by atoms with Crippen LogP contribution in [0.4, 0.5) is 0 Å². The smallest absolute Gasteiger partial charge is 0.277 e. The molecule has 0 aromatic carbocycles. The van der Waals surface area contributed by atoms with Gasteiger partial charge in [0.25, 0.3) is 5.89 Å². The van der Waals surface area contributed by atoms with Gasteiger partial charge in [0, 0.05) is 17.7 Å². The van der Waals surface area contributed by atoms with Gasteiger partial charge in [-0.1, -0.05) is 19.0 Å². The summed E-state index contributed by atoms with van der Waals surface area (Å²) >= 11 is 1.57. The lowest BCUT2D eigenvalue weighted by Crippen LogP contribution is -2.02. The highest BCUT2D eigenvalue weighted by Crippen LogP contribution is 2.23. The first kappa shape index (κ1) is 12.2. The van der Waals surface area contributed by atoms with E-state index in [-0.39, 0.29) is 0 Å². The molecule has 1 atom stereocenters. The van der Waals surface area contributed by atoms with Gasteiger partial charge in [-0.15, -0.1) is 11.3 Å². The number of nitrogens with zero attached hydrogens (tertiary/aromatic N) is 3. The maximum Gasteiger partial charge on any atom is 0.277 e. The molecule has 0 spiro atoms. The van der Waals surface area contributed by atoms with Crippen molar-refractivity contribution in [1.29, 1.82) is 0 Å². The van der Waals surface area contributed by atoms with Crippen LogP contribution < -0.4 is 5.73 Å². The van der Waals surface area contributed by atoms with Gasteiger partial charge < -0.3 is 10.3 Å². The topological polar surface area (TPSA) is 77.8 Å². The summed E-state index contributed by atoms with van der Waals surface area (Å²) in [7, 11) is 0. The first-order valence-corrected chi connectivity index (χ1v) is 6.61. The van der Waals surface area contributed by atoms with Crippen molar-refractivity contribution in [3.8, 4) is 11.6 Å². The summed E-state index contributed by atoms with van der Waals surface area (Å²) in [6, 6.07) is 0. The van der Waals surface area contributed by atoms with Crippen LogP contribution in [-0.2, 0) is 6.42 Å². The largest absolute Gasteiger partial charge is 0.332 e. The summed E-state index contributed by atoms with van der Waals surface area (Å²) in [4.78, 5) is 8.77. The molecule has 0 aliphatic carbocycles. The highest BCUT2D eigenvalue weighted by atomic mass is 32.1. The fraction of sp³-hybridized carbons (Fsp3) is 0.545. The molecule has 0 fully saturated rings. The highest BCUT2D eigenvalue weighted by molar-refractivity contribution is 7.09. The fourth-order valence-electron chi connectivity index (χ4n) is 1.37. The number of hydrogen-bond acceptors (Lipinski definition) is 6. The van der Waals surface area contributed by atoms with E-state index in [1.54, 1.807) is 11.3 Å². The second kappa shape index (κ2) is 5.37. The van der Waals surface area contributed by atoms with Crippen molar-refractivity contribution < 1.29 is 4.52 Å². The van der Waals surface area contributed by atoms with Gasteiger partial charge in [0.2, 0.25) is 0 Å². The average molecular weight is 252 g/mol. The SMILES string of the molecule is CCC(C)c1noc(-c2csc(CCN)n2)n1. The molecule has 2 N–H and O–H groups in total. The van der Waals surface area contributed by atoms with Gasteiger partial charge in [-0.3, -0.25) is 0 Å². The molecule has 0 amide bonds. The van der Waals surface area contributed by atoms with Crippen molar-refractivity contribution in [1.82, 2.24) is 15.1 Å². The van der Waals surface area contributed by atoms with Crippen LogP contribution in [0.25, 0.3) is 11.6 Å². The predicted molar refractivity (Wildman–Crippen MR) is 66.9 cm³/mol. The van der Waals surface area contributed by atoms with Gasteiger partial charge >= 0.3 is 0 Å². The lowest BCUT2D eigenvalue weighted by Gasteiger charge is -1.98. The van der Waals surface area contributed by atoms with E-state index in [2.05, 4.69) is 29.0 Å². The average Bonchev–Trinajstić information content (AvgIpc) is 2.96. The quantitative estimate of drug-likeness (QED) is 0.882. The lowest BCUT2D eigenvalue weighted by molar-refractivity contribution is 0.415. The molecule has 0 saturated heterocycles. The molecule has 2 rings (SSSR count). The zero-order valence-corrected chi connectivity index (χ0v) is 10.8. The van der Waals surface area contributed by atoms with Crippen LogP contribution in [-0.4, -0.2) is 21.7 Å². The van der Waals surface area contributed by atoms with E-state index in [0.29, 0.717) is 18.4 Å². The predicted octanol–water partition coefficient (Wildman–Crippen LogP) is 2.21. The lowest BCUT2D eigenvalue weighted by atomic mass is 10.1. The standard InChI is InChI=1S/C11H16N4OS/c1-3-7(2)10-14-11(16-15-10)8-6-17-9(13-8)4-5-12/h6-7H,3-5,12H2,1-2H3. The number of nitrogens with two attached hydrogens (primary N) is 1. The van der Waals surface area contributed by atoms with Crippen molar-refractivity contribution >= 4 is 11.3 Å². The molecule has 2 aromatic rings. The molecular formula is C11H16N4OS. The molecule has 17 heavy (non-hydrogen) atoms. The molecule has 5 nitrogen and oxygen atoms in total. The van der Waals surface area contributed by atoms with Gasteiger partial charge in [0.05, 0.1) is 5.01 Å². The summed E-state index contributed by atoms with van der Waals surface area (Å²) in [6.45, 7) is 4.79. The van der Waals surface area contributed by atoms with E-state index < -0.39 is 0 Å². The molecule has 2 heterocycles. The van der Waals surface area contributed by atoms with Crippen molar-refractivity contribution in [2.75, 3.05) is 6.54 Å². The summed E-state index contributed by atoms with van der Waals surface area (Å²) in [5.41, 5.74) is 6.24. The Labute approximate surface area is 104 Å². The van der Waals surface area contributed by atoms with Crippen LogP contribution in [0.15, 0.2) is 9.90 Å². The number of hydrogen-bond donors (Lipinski definition) is 1. The van der Waals surface area contributed by atoms with Crippen molar-refractivity contribution in [2.45, 2.75) is 32.6 Å². The maximum atomic E-state index is 5.49. The van der Waals surface area contributed by atoms with Crippen LogP contribution >= 0.6 is 11.3 Å². The molecule has 1 unspecified atom stereocenters. The Hall–Kier alpha value is -1.27. The minimum absolute atomic E-state index is 0.314. The first-order chi connectivity index (χ1) is 8.24. The van der Waals surface area contributed by atoms with E-state index in [1.807, 2.05) is 5.38 Å². The Bertz CT molecular complexity index is 479. The van der Waals surface area contributed by atoms with Crippen LogP contribution in [0.5, 0.6) is 0 Å². The Morgan fingerprint density at radius 2 is 2.29 bits per heavy atom. The minimum Gasteiger partial charge on any atom is -0.332 e. The molecule has 0 aliphatic heterocycles. The van der Waals surface area contributed by atoms with E-state index in [1.165, 1.54) is 0 Å². The van der Waals surface area contributed by atoms with E-state index >= 15 is 0 Å². The highest BCUT2D eigenvalue weighted by Gasteiger charge is 2.15. The fourth-order valence-corrected chi connectivity index (χ4v) is 2.16. The second-order valence-corrected chi connectivity index (χ2v) is 4.87. The van der Waals surface area contributed by atoms with Gasteiger partial charge in [0.15, 0.2) is 5.82 Å². The van der Waals surface area contributed by atoms with Gasteiger partial charge in [-0.05, 0) is 13.0 Å². The van der Waals surface area contributed by atoms with E-state index in [0.717, 1.165) is 29.4 Å². The molecule has 0 aliphatic rings. The third kappa shape index (κ3) is 2.70. The zero-order valence-electron chi connectivity index (χ0n) is 10.0. The minimum atomic E-state index is 0.314. The molecule has 6 heteroatoms. The van der Waals surface area contributed by atoms with Crippen LogP contribution in [0.3, 0.4) is 0 Å². The van der Waals surface area contributed by atoms with Crippen molar-refractivity contribution in [3.05, 3.63) is 16.2 Å². The molecule has 0 radical (unpaired) electrons. The molecule has 2 aromatic heterocycles. The second-order valence-electron chi connectivity index (χ2n) is 3.93. The number of aromatic nitrogens is 3. The van der Waals surface area contributed by atoms with Crippen LogP contribution in [0.2, 0.25) is 0 Å². The van der Waals surface area contributed by atoms with Gasteiger partial charge in [-0.25, -0.2) is 4.98 Å². The normalized spacial score (nSPS) is 12.9. The van der Waals surface area contributed by atoms with Crippen LogP contribution in [0, 0.1) is 0 Å².